The molecule has 3 rings (SSSR count). The first-order valence-corrected chi connectivity index (χ1v) is 9.16. The predicted molar refractivity (Wildman–Crippen MR) is 104 cm³/mol. The van der Waals surface area contributed by atoms with E-state index in [9.17, 15) is 18.8 Å². The Morgan fingerprint density at radius 3 is 2.43 bits per heavy atom. The molecule has 0 bridgehead atoms. The first-order valence-electron chi connectivity index (χ1n) is 9.16. The predicted octanol–water partition coefficient (Wildman–Crippen LogP) is 3.68. The van der Waals surface area contributed by atoms with Crippen molar-refractivity contribution in [1.29, 1.82) is 0 Å². The molecule has 1 atom stereocenters. The molecule has 2 aromatic rings. The summed E-state index contributed by atoms with van der Waals surface area (Å²) >= 11 is 0. The number of hydrogen-bond acceptors (Lipinski definition) is 3. The molecule has 0 aliphatic carbocycles. The van der Waals surface area contributed by atoms with Gasteiger partial charge < -0.3 is 5.32 Å². The average Bonchev–Trinajstić information content (AvgIpc) is 2.95. The minimum atomic E-state index is -0.379. The molecule has 28 heavy (non-hydrogen) atoms. The van der Waals surface area contributed by atoms with Crippen molar-refractivity contribution < 1.29 is 18.8 Å². The summed E-state index contributed by atoms with van der Waals surface area (Å²) in [5.74, 6) is -1.54. The summed E-state index contributed by atoms with van der Waals surface area (Å²) in [5.41, 5.74) is 1.20. The molecule has 1 saturated heterocycles. The second kappa shape index (κ2) is 7.54. The lowest BCUT2D eigenvalue weighted by molar-refractivity contribution is -0.123. The van der Waals surface area contributed by atoms with Gasteiger partial charge >= 0.3 is 0 Å². The molecule has 6 heteroatoms. The van der Waals surface area contributed by atoms with Gasteiger partial charge in [-0.25, -0.2) is 4.39 Å². The number of carbonyl (C=O) groups excluding carboxylic acids is 3. The Labute approximate surface area is 163 Å². The molecule has 1 unspecified atom stereocenters. The Kier molecular flexibility index (Phi) is 5.31. The van der Waals surface area contributed by atoms with E-state index in [1.54, 1.807) is 36.4 Å². The summed E-state index contributed by atoms with van der Waals surface area (Å²) in [4.78, 5) is 38.8. The highest BCUT2D eigenvalue weighted by atomic mass is 18.2. The van der Waals surface area contributed by atoms with Crippen LogP contribution in [-0.4, -0.2) is 17.7 Å². The summed E-state index contributed by atoms with van der Waals surface area (Å²) in [6, 6.07) is 12.3. The fourth-order valence-electron chi connectivity index (χ4n) is 3.25. The molecule has 0 radical (unpaired) electrons. The van der Waals surface area contributed by atoms with Crippen molar-refractivity contribution in [3.05, 3.63) is 65.5 Å². The van der Waals surface area contributed by atoms with Crippen LogP contribution in [0.2, 0.25) is 0 Å². The molecule has 0 saturated carbocycles. The highest BCUT2D eigenvalue weighted by Gasteiger charge is 2.45. The second-order valence-electron chi connectivity index (χ2n) is 8.05. The van der Waals surface area contributed by atoms with Crippen LogP contribution >= 0.6 is 0 Å². The Hall–Kier alpha value is -3.02. The fourth-order valence-corrected chi connectivity index (χ4v) is 3.25. The SMILES string of the molecule is CC(C)(C)C1CC(=O)N(c2cccc(C(=O)NCc3ccc([18F])cc3)c2)C1=O. The Morgan fingerprint density at radius 1 is 1.14 bits per heavy atom. The highest BCUT2D eigenvalue weighted by molar-refractivity contribution is 6.21. The zero-order chi connectivity index (χ0) is 20.5. The van der Waals surface area contributed by atoms with E-state index in [1.807, 2.05) is 20.8 Å². The lowest BCUT2D eigenvalue weighted by Gasteiger charge is -2.25. The molecule has 2 aromatic carbocycles. The third kappa shape index (κ3) is 4.11. The minimum absolute atomic E-state index is 0.170. The van der Waals surface area contributed by atoms with Crippen LogP contribution in [0.1, 0.15) is 43.1 Å². The fraction of sp³-hybridized carbons (Fsp3) is 0.318. The molecular formula is C22H23FN2O3. The summed E-state index contributed by atoms with van der Waals surface area (Å²) in [5, 5.41) is 2.76. The molecule has 1 N–H and O–H groups in total. The van der Waals surface area contributed by atoms with Gasteiger partial charge in [-0.05, 0) is 41.3 Å². The van der Waals surface area contributed by atoms with Gasteiger partial charge in [0.05, 0.1) is 11.6 Å². The van der Waals surface area contributed by atoms with Crippen LogP contribution in [0.4, 0.5) is 10.1 Å². The number of imide groups is 1. The third-order valence-corrected chi connectivity index (χ3v) is 4.92. The summed E-state index contributed by atoms with van der Waals surface area (Å²) in [6.07, 6.45) is 0.170. The van der Waals surface area contributed by atoms with Crippen LogP contribution in [0, 0.1) is 17.2 Å². The third-order valence-electron chi connectivity index (χ3n) is 4.92. The number of halogens is 1. The number of rotatable bonds is 4. The average molecular weight is 381 g/mol. The Bertz CT molecular complexity index is 916. The summed E-state index contributed by atoms with van der Waals surface area (Å²) < 4.78 is 13.0. The van der Waals surface area contributed by atoms with Gasteiger partial charge in [0.1, 0.15) is 5.82 Å². The largest absolute Gasteiger partial charge is 0.348 e. The van der Waals surface area contributed by atoms with Crippen molar-refractivity contribution in [1.82, 2.24) is 5.32 Å². The van der Waals surface area contributed by atoms with Crippen molar-refractivity contribution in [3.8, 4) is 0 Å². The number of carbonyl (C=O) groups is 3. The van der Waals surface area contributed by atoms with E-state index in [-0.39, 0.29) is 47.8 Å². The smallest absolute Gasteiger partial charge is 0.251 e. The van der Waals surface area contributed by atoms with E-state index in [0.717, 1.165) is 5.56 Å². The van der Waals surface area contributed by atoms with E-state index in [4.69, 9.17) is 0 Å². The van der Waals surface area contributed by atoms with Gasteiger partial charge in [-0.3, -0.25) is 19.3 Å². The molecule has 0 aromatic heterocycles. The van der Waals surface area contributed by atoms with E-state index in [1.165, 1.54) is 17.0 Å². The standard InChI is InChI=1S/C22H23FN2O3/c1-22(2,3)18-12-19(26)25(21(18)28)17-6-4-5-15(11-17)20(27)24-13-14-7-9-16(23)10-8-14/h4-11,18H,12-13H2,1-3H3,(H,24,27)/i23-1. The zero-order valence-corrected chi connectivity index (χ0v) is 16.2. The van der Waals surface area contributed by atoms with Crippen molar-refractivity contribution >= 4 is 23.4 Å². The van der Waals surface area contributed by atoms with Gasteiger partial charge in [-0.2, -0.15) is 0 Å². The van der Waals surface area contributed by atoms with Crippen molar-refractivity contribution in [2.24, 2.45) is 11.3 Å². The number of amides is 3. The first-order chi connectivity index (χ1) is 13.2. The van der Waals surface area contributed by atoms with Gasteiger partial charge in [-0.15, -0.1) is 0 Å². The van der Waals surface area contributed by atoms with Gasteiger partial charge in [0.2, 0.25) is 11.8 Å². The molecule has 1 aliphatic rings. The van der Waals surface area contributed by atoms with Crippen LogP contribution in [-0.2, 0) is 16.1 Å². The van der Waals surface area contributed by atoms with Crippen LogP contribution in [0.3, 0.4) is 0 Å². The van der Waals surface area contributed by atoms with Crippen LogP contribution in [0.15, 0.2) is 48.5 Å². The number of anilines is 1. The molecule has 1 heterocycles. The maximum absolute atomic E-state index is 13.0. The topological polar surface area (TPSA) is 66.5 Å². The number of nitrogens with zero attached hydrogens (tertiary/aromatic N) is 1. The van der Waals surface area contributed by atoms with Gasteiger partial charge in [-0.1, -0.05) is 39.0 Å². The van der Waals surface area contributed by atoms with Gasteiger partial charge in [0.25, 0.3) is 5.91 Å². The maximum atomic E-state index is 13.0. The Balaban J connectivity index is 1.75. The molecule has 0 spiro atoms. The monoisotopic (exact) mass is 381 g/mol. The normalized spacial score (nSPS) is 17.1. The van der Waals surface area contributed by atoms with Crippen LogP contribution < -0.4 is 10.2 Å². The van der Waals surface area contributed by atoms with E-state index in [0.29, 0.717) is 11.3 Å². The maximum Gasteiger partial charge on any atom is 0.251 e. The number of nitrogens with one attached hydrogen (secondary N) is 1. The Morgan fingerprint density at radius 2 is 1.82 bits per heavy atom. The van der Waals surface area contributed by atoms with E-state index in [2.05, 4.69) is 5.32 Å². The minimum Gasteiger partial charge on any atom is -0.348 e. The first kappa shape index (κ1) is 19.7. The molecular weight excluding hydrogens is 358 g/mol. The quantitative estimate of drug-likeness (QED) is 0.822. The second-order valence-corrected chi connectivity index (χ2v) is 8.05. The van der Waals surface area contributed by atoms with Crippen LogP contribution in [0.5, 0.6) is 0 Å². The lowest BCUT2D eigenvalue weighted by Crippen LogP contribution is -2.34. The molecule has 1 aliphatic heterocycles. The van der Waals surface area contributed by atoms with Gasteiger partial charge in [0.15, 0.2) is 0 Å². The van der Waals surface area contributed by atoms with Crippen molar-refractivity contribution in [2.75, 3.05) is 4.90 Å². The van der Waals surface area contributed by atoms with Crippen molar-refractivity contribution in [3.63, 3.8) is 0 Å². The summed E-state index contributed by atoms with van der Waals surface area (Å²) in [7, 11) is 0. The van der Waals surface area contributed by atoms with Crippen LogP contribution in [0.25, 0.3) is 0 Å². The molecule has 5 nitrogen and oxygen atoms in total. The molecule has 1 fully saturated rings. The van der Waals surface area contributed by atoms with Gasteiger partial charge in [0, 0.05) is 18.5 Å². The number of hydrogen-bond donors (Lipinski definition) is 1. The van der Waals surface area contributed by atoms with Crippen molar-refractivity contribution in [2.45, 2.75) is 33.7 Å². The molecule has 3 amide bonds. The lowest BCUT2D eigenvalue weighted by atomic mass is 9.80. The van der Waals surface area contributed by atoms with E-state index < -0.39 is 0 Å². The molecule has 146 valence electrons. The van der Waals surface area contributed by atoms with E-state index >= 15 is 0 Å². The summed E-state index contributed by atoms with van der Waals surface area (Å²) in [6.45, 7) is 6.06. The number of benzene rings is 2. The highest BCUT2D eigenvalue weighted by Crippen LogP contribution is 2.37. The zero-order valence-electron chi connectivity index (χ0n) is 16.2.